The third kappa shape index (κ3) is 3.94. The fourth-order valence-corrected chi connectivity index (χ4v) is 3.24. The smallest absolute Gasteiger partial charge is 0.261 e. The van der Waals surface area contributed by atoms with Crippen LogP contribution < -0.4 is 9.86 Å². The number of benzene rings is 2. The summed E-state index contributed by atoms with van der Waals surface area (Å²) in [4.78, 5) is -0.238. The summed E-state index contributed by atoms with van der Waals surface area (Å²) < 4.78 is 48.8. The quantitative estimate of drug-likeness (QED) is 0.880. The molecule has 2 aromatic rings. The van der Waals surface area contributed by atoms with E-state index in [-0.39, 0.29) is 9.79 Å². The van der Waals surface area contributed by atoms with E-state index in [9.17, 15) is 16.8 Å². The molecule has 0 aliphatic rings. The van der Waals surface area contributed by atoms with E-state index >= 15 is 0 Å². The second-order valence-corrected chi connectivity index (χ2v) is 7.81. The first-order valence-electron chi connectivity index (χ1n) is 5.60. The van der Waals surface area contributed by atoms with Crippen molar-refractivity contribution in [3.05, 3.63) is 53.6 Å². The van der Waals surface area contributed by atoms with E-state index < -0.39 is 20.0 Å². The van der Waals surface area contributed by atoms with Gasteiger partial charge in [0.15, 0.2) is 0 Å². The van der Waals surface area contributed by atoms with Crippen molar-refractivity contribution < 1.29 is 16.8 Å². The van der Waals surface area contributed by atoms with Crippen LogP contribution in [0.5, 0.6) is 0 Å². The van der Waals surface area contributed by atoms with Gasteiger partial charge in [-0.15, -0.1) is 0 Å². The molecule has 0 unspecified atom stereocenters. The van der Waals surface area contributed by atoms with Crippen molar-refractivity contribution in [2.75, 3.05) is 4.72 Å². The number of sulfonamides is 2. The average molecular weight is 347 g/mol. The van der Waals surface area contributed by atoms with E-state index in [4.69, 9.17) is 16.7 Å². The Hall–Kier alpha value is -1.61. The largest absolute Gasteiger partial charge is 0.280 e. The summed E-state index contributed by atoms with van der Waals surface area (Å²) in [6, 6.07) is 10.7. The highest BCUT2D eigenvalue weighted by molar-refractivity contribution is 7.92. The van der Waals surface area contributed by atoms with Gasteiger partial charge in [0, 0.05) is 10.7 Å². The Balaban J connectivity index is 2.29. The molecule has 0 aromatic heterocycles. The molecule has 6 nitrogen and oxygen atoms in total. The molecule has 0 heterocycles. The van der Waals surface area contributed by atoms with E-state index in [0.29, 0.717) is 10.7 Å². The highest BCUT2D eigenvalue weighted by Crippen LogP contribution is 2.19. The third-order valence-electron chi connectivity index (χ3n) is 2.56. The Morgan fingerprint density at radius 3 is 1.76 bits per heavy atom. The molecule has 0 saturated carbocycles. The van der Waals surface area contributed by atoms with Gasteiger partial charge in [0.05, 0.1) is 9.79 Å². The fraction of sp³-hybridized carbons (Fsp3) is 0. The first-order valence-corrected chi connectivity index (χ1v) is 9.00. The topological polar surface area (TPSA) is 106 Å². The Bertz CT molecular complexity index is 845. The zero-order valence-corrected chi connectivity index (χ0v) is 12.9. The standard InChI is InChI=1S/C12H11ClN2O4S2/c13-9-1-3-10(4-2-9)15-21(18,19)12-7-5-11(6-8-12)20(14,16)17/h1-8,15H,(H2,14,16,17). The van der Waals surface area contributed by atoms with Gasteiger partial charge < -0.3 is 0 Å². The van der Waals surface area contributed by atoms with E-state index in [1.54, 1.807) is 12.1 Å². The minimum atomic E-state index is -3.86. The highest BCUT2D eigenvalue weighted by atomic mass is 35.5. The number of hydrogen-bond acceptors (Lipinski definition) is 4. The van der Waals surface area contributed by atoms with Crippen molar-refractivity contribution in [2.24, 2.45) is 5.14 Å². The van der Waals surface area contributed by atoms with Crippen LogP contribution in [0.25, 0.3) is 0 Å². The van der Waals surface area contributed by atoms with Crippen LogP contribution in [-0.2, 0) is 20.0 Å². The summed E-state index contributed by atoms with van der Waals surface area (Å²) in [6.45, 7) is 0. The average Bonchev–Trinajstić information content (AvgIpc) is 2.40. The van der Waals surface area contributed by atoms with Gasteiger partial charge in [0.1, 0.15) is 0 Å². The zero-order valence-electron chi connectivity index (χ0n) is 10.5. The predicted molar refractivity (Wildman–Crippen MR) is 80.1 cm³/mol. The normalized spacial score (nSPS) is 12.1. The molecule has 0 amide bonds. The summed E-state index contributed by atoms with van der Waals surface area (Å²) in [7, 11) is -7.68. The van der Waals surface area contributed by atoms with Crippen LogP contribution in [0.1, 0.15) is 0 Å². The van der Waals surface area contributed by atoms with E-state index in [0.717, 1.165) is 24.3 Å². The lowest BCUT2D eigenvalue weighted by molar-refractivity contribution is 0.595. The van der Waals surface area contributed by atoms with Crippen LogP contribution in [0, 0.1) is 0 Å². The molecule has 0 aliphatic heterocycles. The van der Waals surface area contributed by atoms with Crippen LogP contribution >= 0.6 is 11.6 Å². The molecule has 0 spiro atoms. The summed E-state index contributed by atoms with van der Waals surface area (Å²) in [6.07, 6.45) is 0. The van der Waals surface area contributed by atoms with Crippen molar-refractivity contribution in [3.8, 4) is 0 Å². The van der Waals surface area contributed by atoms with Gasteiger partial charge in [0.25, 0.3) is 10.0 Å². The molecule has 2 aromatic carbocycles. The Morgan fingerprint density at radius 1 is 0.810 bits per heavy atom. The second-order valence-electron chi connectivity index (χ2n) is 4.13. The van der Waals surface area contributed by atoms with Gasteiger partial charge in [-0.2, -0.15) is 0 Å². The number of hydrogen-bond donors (Lipinski definition) is 2. The van der Waals surface area contributed by atoms with Gasteiger partial charge in [-0.25, -0.2) is 22.0 Å². The molecule has 0 bridgehead atoms. The summed E-state index contributed by atoms with van der Waals surface area (Å²) in [5.41, 5.74) is 0.343. The van der Waals surface area contributed by atoms with Crippen LogP contribution in [-0.4, -0.2) is 16.8 Å². The molecule has 0 aliphatic carbocycles. The molecule has 0 atom stereocenters. The van der Waals surface area contributed by atoms with Gasteiger partial charge in [-0.05, 0) is 48.5 Å². The summed E-state index contributed by atoms with van der Waals surface area (Å²) in [5, 5.41) is 5.43. The van der Waals surface area contributed by atoms with Crippen LogP contribution in [0.2, 0.25) is 5.02 Å². The van der Waals surface area contributed by atoms with Gasteiger partial charge >= 0.3 is 0 Å². The third-order valence-corrected chi connectivity index (χ3v) is 5.14. The SMILES string of the molecule is NS(=O)(=O)c1ccc(S(=O)(=O)Nc2ccc(Cl)cc2)cc1. The molecule has 3 N–H and O–H groups in total. The number of halogens is 1. The maximum Gasteiger partial charge on any atom is 0.261 e. The highest BCUT2D eigenvalue weighted by Gasteiger charge is 2.15. The van der Waals surface area contributed by atoms with Crippen LogP contribution in [0.15, 0.2) is 58.3 Å². The number of nitrogens with one attached hydrogen (secondary N) is 1. The number of primary sulfonamides is 1. The Labute approximate surface area is 127 Å². The molecular formula is C12H11ClN2O4S2. The van der Waals surface area contributed by atoms with Gasteiger partial charge in [-0.3, -0.25) is 4.72 Å². The zero-order chi connectivity index (χ0) is 15.7. The lowest BCUT2D eigenvalue weighted by Gasteiger charge is -2.08. The lowest BCUT2D eigenvalue weighted by Crippen LogP contribution is -2.15. The van der Waals surface area contributed by atoms with Crippen LogP contribution in [0.4, 0.5) is 5.69 Å². The van der Waals surface area contributed by atoms with Crippen molar-refractivity contribution >= 4 is 37.3 Å². The molecule has 2 rings (SSSR count). The number of anilines is 1. The number of rotatable bonds is 4. The molecule has 21 heavy (non-hydrogen) atoms. The minimum absolute atomic E-state index is 0.0788. The molecular weight excluding hydrogens is 336 g/mol. The predicted octanol–water partition coefficient (Wildman–Crippen LogP) is 1.79. The van der Waals surface area contributed by atoms with E-state index in [2.05, 4.69) is 4.72 Å². The van der Waals surface area contributed by atoms with Crippen molar-refractivity contribution in [1.29, 1.82) is 0 Å². The first-order chi connectivity index (χ1) is 9.68. The maximum atomic E-state index is 12.1. The minimum Gasteiger partial charge on any atom is -0.280 e. The molecule has 0 fully saturated rings. The lowest BCUT2D eigenvalue weighted by atomic mass is 10.3. The second kappa shape index (κ2) is 5.64. The Kier molecular flexibility index (Phi) is 4.24. The number of nitrogens with two attached hydrogens (primary N) is 1. The first kappa shape index (κ1) is 15.8. The fourth-order valence-electron chi connectivity index (χ4n) is 1.54. The monoisotopic (exact) mass is 346 g/mol. The molecule has 0 saturated heterocycles. The molecule has 0 radical (unpaired) electrons. The Morgan fingerprint density at radius 2 is 1.29 bits per heavy atom. The molecule has 112 valence electrons. The van der Waals surface area contributed by atoms with E-state index in [1.807, 2.05) is 0 Å². The maximum absolute atomic E-state index is 12.1. The van der Waals surface area contributed by atoms with Crippen molar-refractivity contribution in [1.82, 2.24) is 0 Å². The van der Waals surface area contributed by atoms with Gasteiger partial charge in [-0.1, -0.05) is 11.6 Å². The van der Waals surface area contributed by atoms with Crippen molar-refractivity contribution in [2.45, 2.75) is 9.79 Å². The van der Waals surface area contributed by atoms with Gasteiger partial charge in [0.2, 0.25) is 10.0 Å². The van der Waals surface area contributed by atoms with Crippen LogP contribution in [0.3, 0.4) is 0 Å². The molecule has 9 heteroatoms. The van der Waals surface area contributed by atoms with Crippen molar-refractivity contribution in [3.63, 3.8) is 0 Å². The van der Waals surface area contributed by atoms with E-state index in [1.165, 1.54) is 12.1 Å². The summed E-state index contributed by atoms with van der Waals surface area (Å²) >= 11 is 5.71. The summed E-state index contributed by atoms with van der Waals surface area (Å²) in [5.74, 6) is 0.